The van der Waals surface area contributed by atoms with Crippen LogP contribution in [-0.4, -0.2) is 6.54 Å². The summed E-state index contributed by atoms with van der Waals surface area (Å²) in [5, 5.41) is 4.51. The Balaban J connectivity index is 2.47. The van der Waals surface area contributed by atoms with Crippen LogP contribution in [0.1, 0.15) is 51.4 Å². The zero-order valence-electron chi connectivity index (χ0n) is 13.5. The Bertz CT molecular complexity index is 611. The van der Waals surface area contributed by atoms with Crippen molar-refractivity contribution < 1.29 is 0 Å². The van der Waals surface area contributed by atoms with Crippen LogP contribution in [0.25, 0.3) is 0 Å². The number of nitrogens with one attached hydrogen (secondary N) is 1. The molecule has 1 aromatic carbocycles. The molecule has 0 bridgehead atoms. The molecule has 1 nitrogen and oxygen atoms in total. The molecule has 1 unspecified atom stereocenters. The number of thiophene rings is 1. The lowest BCUT2D eigenvalue weighted by molar-refractivity contribution is 0.605. The summed E-state index contributed by atoms with van der Waals surface area (Å²) < 4.78 is 0. The molecule has 0 saturated carbocycles. The molecular weight excluding hydrogens is 298 g/mol. The average Bonchev–Trinajstić information content (AvgIpc) is 2.75. The Morgan fingerprint density at radius 1 is 1.05 bits per heavy atom. The molecule has 0 aliphatic carbocycles. The summed E-state index contributed by atoms with van der Waals surface area (Å²) in [6.45, 7) is 11.8. The summed E-state index contributed by atoms with van der Waals surface area (Å²) in [5.74, 6) is 0. The van der Waals surface area contributed by atoms with Crippen molar-refractivity contribution in [1.82, 2.24) is 5.32 Å². The number of hydrogen-bond donors (Lipinski definition) is 1. The van der Waals surface area contributed by atoms with Gasteiger partial charge in [-0.05, 0) is 75.0 Å². The lowest BCUT2D eigenvalue weighted by Gasteiger charge is -2.20. The van der Waals surface area contributed by atoms with Gasteiger partial charge in [0.2, 0.25) is 0 Å². The van der Waals surface area contributed by atoms with E-state index in [-0.39, 0.29) is 6.04 Å². The van der Waals surface area contributed by atoms with E-state index in [0.29, 0.717) is 0 Å². The molecule has 1 N–H and O–H groups in total. The predicted molar refractivity (Wildman–Crippen MR) is 94.9 cm³/mol. The molecule has 0 aliphatic heterocycles. The second kappa shape index (κ2) is 6.95. The first-order chi connectivity index (χ1) is 9.93. The first kappa shape index (κ1) is 16.5. The fourth-order valence-electron chi connectivity index (χ4n) is 2.42. The van der Waals surface area contributed by atoms with Crippen LogP contribution in [0.4, 0.5) is 0 Å². The molecule has 0 aliphatic rings. The molecule has 2 rings (SSSR count). The van der Waals surface area contributed by atoms with Gasteiger partial charge in [-0.15, -0.1) is 11.3 Å². The summed E-state index contributed by atoms with van der Waals surface area (Å²) >= 11 is 8.40. The molecule has 1 atom stereocenters. The molecule has 21 heavy (non-hydrogen) atoms. The Kier molecular flexibility index (Phi) is 5.48. The number of halogens is 1. The van der Waals surface area contributed by atoms with Crippen molar-refractivity contribution in [3.63, 3.8) is 0 Å². The van der Waals surface area contributed by atoms with E-state index in [2.05, 4.69) is 58.1 Å². The van der Waals surface area contributed by atoms with Gasteiger partial charge in [-0.1, -0.05) is 24.6 Å². The number of benzene rings is 1. The molecule has 3 heteroatoms. The largest absolute Gasteiger partial charge is 0.306 e. The SMILES string of the molecule is CCCNC(c1cc(C)c(C)s1)c1cc(C)c(C)cc1Cl. The zero-order valence-corrected chi connectivity index (χ0v) is 15.1. The van der Waals surface area contributed by atoms with Crippen LogP contribution in [0.3, 0.4) is 0 Å². The van der Waals surface area contributed by atoms with Gasteiger partial charge in [0.25, 0.3) is 0 Å². The summed E-state index contributed by atoms with van der Waals surface area (Å²) in [6, 6.07) is 6.79. The highest BCUT2D eigenvalue weighted by molar-refractivity contribution is 7.12. The molecular formula is C18H24ClNS. The minimum Gasteiger partial charge on any atom is -0.306 e. The zero-order chi connectivity index (χ0) is 15.6. The van der Waals surface area contributed by atoms with Crippen LogP contribution in [0.5, 0.6) is 0 Å². The molecule has 114 valence electrons. The van der Waals surface area contributed by atoms with Crippen LogP contribution >= 0.6 is 22.9 Å². The molecule has 0 amide bonds. The Morgan fingerprint density at radius 2 is 1.71 bits per heavy atom. The Labute approximate surface area is 137 Å². The van der Waals surface area contributed by atoms with Gasteiger partial charge >= 0.3 is 0 Å². The van der Waals surface area contributed by atoms with Crippen molar-refractivity contribution in [1.29, 1.82) is 0 Å². The van der Waals surface area contributed by atoms with Crippen LogP contribution in [-0.2, 0) is 0 Å². The fourth-order valence-corrected chi connectivity index (χ4v) is 3.89. The van der Waals surface area contributed by atoms with E-state index in [0.717, 1.165) is 18.0 Å². The lowest BCUT2D eigenvalue weighted by Crippen LogP contribution is -2.23. The first-order valence-electron chi connectivity index (χ1n) is 7.51. The minimum absolute atomic E-state index is 0.189. The third-order valence-electron chi connectivity index (χ3n) is 3.99. The summed E-state index contributed by atoms with van der Waals surface area (Å²) in [5.41, 5.74) is 5.09. The second-order valence-corrected chi connectivity index (χ2v) is 7.43. The van der Waals surface area contributed by atoms with E-state index in [9.17, 15) is 0 Å². The van der Waals surface area contributed by atoms with E-state index in [1.807, 2.05) is 11.3 Å². The number of hydrogen-bond acceptors (Lipinski definition) is 2. The highest BCUT2D eigenvalue weighted by Crippen LogP contribution is 2.35. The van der Waals surface area contributed by atoms with Crippen LogP contribution in [0, 0.1) is 27.7 Å². The number of aryl methyl sites for hydroxylation is 4. The van der Waals surface area contributed by atoms with Gasteiger partial charge in [0.05, 0.1) is 6.04 Å². The maximum atomic E-state index is 6.54. The smallest absolute Gasteiger partial charge is 0.0685 e. The van der Waals surface area contributed by atoms with Crippen molar-refractivity contribution in [3.05, 3.63) is 55.2 Å². The third kappa shape index (κ3) is 3.68. The maximum Gasteiger partial charge on any atom is 0.0685 e. The highest BCUT2D eigenvalue weighted by Gasteiger charge is 2.19. The Hall–Kier alpha value is -0.830. The maximum absolute atomic E-state index is 6.54. The quantitative estimate of drug-likeness (QED) is 0.742. The van der Waals surface area contributed by atoms with E-state index < -0.39 is 0 Å². The van der Waals surface area contributed by atoms with Crippen molar-refractivity contribution in [2.75, 3.05) is 6.54 Å². The van der Waals surface area contributed by atoms with Gasteiger partial charge < -0.3 is 5.32 Å². The van der Waals surface area contributed by atoms with E-state index >= 15 is 0 Å². The first-order valence-corrected chi connectivity index (χ1v) is 8.70. The summed E-state index contributed by atoms with van der Waals surface area (Å²) in [4.78, 5) is 2.73. The summed E-state index contributed by atoms with van der Waals surface area (Å²) in [6.07, 6.45) is 1.11. The monoisotopic (exact) mass is 321 g/mol. The van der Waals surface area contributed by atoms with Crippen LogP contribution in [0.15, 0.2) is 18.2 Å². The van der Waals surface area contributed by atoms with Gasteiger partial charge in [-0.25, -0.2) is 0 Å². The van der Waals surface area contributed by atoms with Crippen LogP contribution < -0.4 is 5.32 Å². The van der Waals surface area contributed by atoms with E-state index in [1.54, 1.807) is 0 Å². The molecule has 2 aromatic rings. The summed E-state index contributed by atoms with van der Waals surface area (Å²) in [7, 11) is 0. The standard InChI is InChI=1S/C18H24ClNS/c1-6-7-20-18(17-10-13(4)14(5)21-17)15-8-11(2)12(3)9-16(15)19/h8-10,18,20H,6-7H2,1-5H3. The molecule has 0 radical (unpaired) electrons. The lowest BCUT2D eigenvalue weighted by atomic mass is 9.99. The van der Waals surface area contributed by atoms with Crippen molar-refractivity contribution in [2.45, 2.75) is 47.1 Å². The highest BCUT2D eigenvalue weighted by atomic mass is 35.5. The molecule has 1 aromatic heterocycles. The van der Waals surface area contributed by atoms with Crippen molar-refractivity contribution in [2.24, 2.45) is 0 Å². The number of rotatable bonds is 5. The van der Waals surface area contributed by atoms with Gasteiger partial charge in [0, 0.05) is 14.8 Å². The molecule has 0 fully saturated rings. The van der Waals surface area contributed by atoms with Crippen molar-refractivity contribution in [3.8, 4) is 0 Å². The van der Waals surface area contributed by atoms with E-state index in [1.165, 1.54) is 32.0 Å². The third-order valence-corrected chi connectivity index (χ3v) is 5.54. The van der Waals surface area contributed by atoms with Gasteiger partial charge in [0.15, 0.2) is 0 Å². The Morgan fingerprint density at radius 3 is 2.29 bits per heavy atom. The molecule has 1 heterocycles. The van der Waals surface area contributed by atoms with Gasteiger partial charge in [-0.3, -0.25) is 0 Å². The normalized spacial score (nSPS) is 12.7. The van der Waals surface area contributed by atoms with Gasteiger partial charge in [-0.2, -0.15) is 0 Å². The van der Waals surface area contributed by atoms with Gasteiger partial charge in [0.1, 0.15) is 0 Å². The van der Waals surface area contributed by atoms with E-state index in [4.69, 9.17) is 11.6 Å². The van der Waals surface area contributed by atoms with Crippen molar-refractivity contribution >= 4 is 22.9 Å². The average molecular weight is 322 g/mol. The molecule has 0 spiro atoms. The second-order valence-electron chi connectivity index (χ2n) is 5.73. The molecule has 0 saturated heterocycles. The van der Waals surface area contributed by atoms with Crippen LogP contribution in [0.2, 0.25) is 5.02 Å². The predicted octanol–water partition coefficient (Wildman–Crippen LogP) is 5.72. The topological polar surface area (TPSA) is 12.0 Å². The fraction of sp³-hybridized carbons (Fsp3) is 0.444. The minimum atomic E-state index is 0.189.